The second-order valence-electron chi connectivity index (χ2n) is 6.07. The average molecular weight is 412 g/mol. The molecule has 0 spiro atoms. The molecule has 29 heavy (non-hydrogen) atoms. The van der Waals surface area contributed by atoms with E-state index in [9.17, 15) is 8.42 Å². The number of hydrogen-bond donors (Lipinski definition) is 1. The number of hydrogen-bond acceptors (Lipinski definition) is 8. The van der Waals surface area contributed by atoms with Crippen molar-refractivity contribution >= 4 is 15.7 Å². The third-order valence-corrected chi connectivity index (χ3v) is 5.56. The van der Waals surface area contributed by atoms with Crippen molar-refractivity contribution in [1.82, 2.24) is 25.1 Å². The first kappa shape index (κ1) is 18.6. The van der Waals surface area contributed by atoms with Crippen LogP contribution in [-0.4, -0.2) is 33.6 Å². The van der Waals surface area contributed by atoms with Gasteiger partial charge in [0.25, 0.3) is 10.0 Å². The number of rotatable bonds is 6. The van der Waals surface area contributed by atoms with Gasteiger partial charge >= 0.3 is 0 Å². The van der Waals surface area contributed by atoms with Crippen molar-refractivity contribution in [3.63, 3.8) is 0 Å². The molecule has 1 N–H and O–H groups in total. The molecule has 11 heteroatoms. The van der Waals surface area contributed by atoms with Crippen molar-refractivity contribution in [3.8, 4) is 17.4 Å². The molecular formula is C18H16N6O4S. The van der Waals surface area contributed by atoms with E-state index < -0.39 is 10.0 Å². The molecular weight excluding hydrogens is 396 g/mol. The molecule has 0 amide bonds. The maximum atomic E-state index is 12.5. The highest BCUT2D eigenvalue weighted by Gasteiger charge is 2.24. The van der Waals surface area contributed by atoms with Crippen LogP contribution in [0.3, 0.4) is 0 Å². The van der Waals surface area contributed by atoms with Crippen molar-refractivity contribution in [2.24, 2.45) is 0 Å². The van der Waals surface area contributed by atoms with E-state index in [0.717, 1.165) is 0 Å². The van der Waals surface area contributed by atoms with Crippen LogP contribution < -0.4 is 9.46 Å². The summed E-state index contributed by atoms with van der Waals surface area (Å²) in [6.07, 6.45) is 3.40. The Morgan fingerprint density at radius 2 is 1.86 bits per heavy atom. The van der Waals surface area contributed by atoms with Crippen LogP contribution in [0, 0.1) is 13.8 Å². The van der Waals surface area contributed by atoms with Gasteiger partial charge in [0.1, 0.15) is 11.4 Å². The summed E-state index contributed by atoms with van der Waals surface area (Å²) < 4.78 is 39.7. The molecule has 148 valence electrons. The maximum Gasteiger partial charge on any atom is 0.267 e. The maximum absolute atomic E-state index is 12.5. The number of sulfonamides is 1. The SMILES string of the molecule is Cc1noc(C)c1S(=O)(=O)Nc1ccc(Oc2ccc(-n3cccn3)nn2)cc1. The van der Waals surface area contributed by atoms with Crippen molar-refractivity contribution in [2.75, 3.05) is 4.72 Å². The topological polar surface area (TPSA) is 125 Å². The second kappa shape index (κ2) is 7.36. The van der Waals surface area contributed by atoms with Gasteiger partial charge in [-0.1, -0.05) is 5.16 Å². The predicted molar refractivity (Wildman–Crippen MR) is 102 cm³/mol. The van der Waals surface area contributed by atoms with Gasteiger partial charge in [0.05, 0.1) is 0 Å². The zero-order valence-electron chi connectivity index (χ0n) is 15.5. The summed E-state index contributed by atoms with van der Waals surface area (Å²) in [6, 6.07) is 11.6. The van der Waals surface area contributed by atoms with Gasteiger partial charge in [-0.2, -0.15) is 5.10 Å². The number of anilines is 1. The summed E-state index contributed by atoms with van der Waals surface area (Å²) in [6.45, 7) is 3.12. The number of nitrogens with one attached hydrogen (secondary N) is 1. The lowest BCUT2D eigenvalue weighted by Gasteiger charge is -2.09. The molecule has 0 saturated heterocycles. The second-order valence-corrected chi connectivity index (χ2v) is 7.68. The van der Waals surface area contributed by atoms with Crippen LogP contribution in [0.2, 0.25) is 0 Å². The fourth-order valence-corrected chi connectivity index (χ4v) is 4.06. The van der Waals surface area contributed by atoms with Crippen LogP contribution in [0.1, 0.15) is 11.5 Å². The summed E-state index contributed by atoms with van der Waals surface area (Å²) in [5, 5.41) is 15.8. The predicted octanol–water partition coefficient (Wildman–Crippen LogP) is 2.86. The Bertz CT molecular complexity index is 1200. The Morgan fingerprint density at radius 1 is 1.07 bits per heavy atom. The molecule has 0 atom stereocenters. The van der Waals surface area contributed by atoms with Crippen molar-refractivity contribution in [2.45, 2.75) is 18.7 Å². The summed E-state index contributed by atoms with van der Waals surface area (Å²) in [5.41, 5.74) is 0.671. The molecule has 10 nitrogen and oxygen atoms in total. The molecule has 0 radical (unpaired) electrons. The quantitative estimate of drug-likeness (QED) is 0.512. The third kappa shape index (κ3) is 3.94. The minimum Gasteiger partial charge on any atom is -0.438 e. The summed E-state index contributed by atoms with van der Waals surface area (Å²) in [4.78, 5) is 0.0328. The van der Waals surface area contributed by atoms with Crippen molar-refractivity contribution < 1.29 is 17.7 Å². The number of nitrogens with zero attached hydrogens (tertiary/aromatic N) is 5. The smallest absolute Gasteiger partial charge is 0.267 e. The number of ether oxygens (including phenoxy) is 1. The van der Waals surface area contributed by atoms with Gasteiger partial charge in [0.2, 0.25) is 5.88 Å². The van der Waals surface area contributed by atoms with Crippen LogP contribution in [0.5, 0.6) is 11.6 Å². The fourth-order valence-electron chi connectivity index (χ4n) is 2.67. The molecule has 0 unspecified atom stereocenters. The van der Waals surface area contributed by atoms with Gasteiger partial charge in [0.15, 0.2) is 16.5 Å². The van der Waals surface area contributed by atoms with Crippen molar-refractivity contribution in [1.29, 1.82) is 0 Å². The lowest BCUT2D eigenvalue weighted by molar-refractivity contribution is 0.390. The van der Waals surface area contributed by atoms with Crippen LogP contribution >= 0.6 is 0 Å². The lowest BCUT2D eigenvalue weighted by Crippen LogP contribution is -2.14. The van der Waals surface area contributed by atoms with Crippen LogP contribution in [0.15, 0.2) is 64.3 Å². The van der Waals surface area contributed by atoms with Crippen molar-refractivity contribution in [3.05, 3.63) is 66.3 Å². The van der Waals surface area contributed by atoms with E-state index in [4.69, 9.17) is 9.26 Å². The highest BCUT2D eigenvalue weighted by atomic mass is 32.2. The minimum atomic E-state index is -3.81. The number of benzene rings is 1. The molecule has 0 aliphatic heterocycles. The molecule has 0 bridgehead atoms. The van der Waals surface area contributed by atoms with E-state index in [1.165, 1.54) is 0 Å². The Hall–Kier alpha value is -3.73. The standard InChI is InChI=1S/C18H16N6O4S/c1-12-18(13(2)28-22-12)29(25,26)23-14-4-6-15(7-5-14)27-17-9-8-16(20-21-17)24-11-3-10-19-24/h3-11,23H,1-2H3. The number of aromatic nitrogens is 5. The van der Waals surface area contributed by atoms with E-state index in [-0.39, 0.29) is 10.7 Å². The molecule has 0 aliphatic carbocycles. The molecule has 0 saturated carbocycles. The van der Waals surface area contributed by atoms with Crippen LogP contribution in [-0.2, 0) is 10.0 Å². The first-order valence-corrected chi connectivity index (χ1v) is 9.98. The normalized spacial score (nSPS) is 11.4. The van der Waals surface area contributed by atoms with Gasteiger partial charge in [-0.25, -0.2) is 13.1 Å². The highest BCUT2D eigenvalue weighted by molar-refractivity contribution is 7.92. The van der Waals surface area contributed by atoms with Gasteiger partial charge < -0.3 is 9.26 Å². The Balaban J connectivity index is 1.45. The Morgan fingerprint density at radius 3 is 2.45 bits per heavy atom. The molecule has 0 fully saturated rings. The van der Waals surface area contributed by atoms with Gasteiger partial charge in [-0.05, 0) is 50.2 Å². The highest BCUT2D eigenvalue weighted by Crippen LogP contribution is 2.25. The Labute approximate surface area is 166 Å². The van der Waals surface area contributed by atoms with E-state index in [2.05, 4.69) is 25.2 Å². The molecule has 4 rings (SSSR count). The molecule has 0 aliphatic rings. The Kier molecular flexibility index (Phi) is 4.72. The zero-order chi connectivity index (χ0) is 20.4. The summed E-state index contributed by atoms with van der Waals surface area (Å²) in [5.74, 6) is 1.56. The van der Waals surface area contributed by atoms with E-state index in [1.54, 1.807) is 73.4 Å². The average Bonchev–Trinajstić information content (AvgIpc) is 3.34. The van der Waals surface area contributed by atoms with Crippen LogP contribution in [0.25, 0.3) is 5.82 Å². The minimum absolute atomic E-state index is 0.0328. The van der Waals surface area contributed by atoms with Gasteiger partial charge in [-0.15, -0.1) is 10.2 Å². The molecule has 3 aromatic heterocycles. The monoisotopic (exact) mass is 412 g/mol. The summed E-state index contributed by atoms with van der Waals surface area (Å²) in [7, 11) is -3.81. The first-order chi connectivity index (χ1) is 13.9. The van der Waals surface area contributed by atoms with E-state index >= 15 is 0 Å². The summed E-state index contributed by atoms with van der Waals surface area (Å²) >= 11 is 0. The molecule has 3 heterocycles. The largest absolute Gasteiger partial charge is 0.438 e. The molecule has 1 aromatic carbocycles. The van der Waals surface area contributed by atoms with Crippen LogP contribution in [0.4, 0.5) is 5.69 Å². The first-order valence-electron chi connectivity index (χ1n) is 8.50. The van der Waals surface area contributed by atoms with Gasteiger partial charge in [0, 0.05) is 24.1 Å². The fraction of sp³-hybridized carbons (Fsp3) is 0.111. The zero-order valence-corrected chi connectivity index (χ0v) is 16.3. The van der Waals surface area contributed by atoms with E-state index in [1.807, 2.05) is 0 Å². The number of aryl methyl sites for hydroxylation is 2. The van der Waals surface area contributed by atoms with Gasteiger partial charge in [-0.3, -0.25) is 4.72 Å². The van der Waals surface area contributed by atoms with E-state index in [0.29, 0.717) is 28.8 Å². The molecule has 4 aromatic rings. The third-order valence-electron chi connectivity index (χ3n) is 3.93. The lowest BCUT2D eigenvalue weighted by atomic mass is 10.3.